The molecule has 2 heterocycles. The summed E-state index contributed by atoms with van der Waals surface area (Å²) < 4.78 is 4.98. The van der Waals surface area contributed by atoms with E-state index in [0.29, 0.717) is 0 Å². The highest BCUT2D eigenvalue weighted by Gasteiger charge is 2.49. The lowest BCUT2D eigenvalue weighted by atomic mass is 9.65. The fourth-order valence-corrected chi connectivity index (χ4v) is 11.3. The number of para-hydroxylation sites is 3. The van der Waals surface area contributed by atoms with Crippen LogP contribution in [0.1, 0.15) is 82.2 Å². The highest BCUT2D eigenvalue weighted by Crippen LogP contribution is 2.60. The van der Waals surface area contributed by atoms with Gasteiger partial charge in [-0.2, -0.15) is 0 Å². The number of aromatic nitrogens is 2. The van der Waals surface area contributed by atoms with Crippen molar-refractivity contribution in [3.63, 3.8) is 0 Å². The highest BCUT2D eigenvalue weighted by atomic mass is 15.0. The lowest BCUT2D eigenvalue weighted by Crippen LogP contribution is -2.30. The molecule has 0 radical (unpaired) electrons. The Balaban J connectivity index is 1.14. The predicted octanol–water partition coefficient (Wildman–Crippen LogP) is 16.7. The Morgan fingerprint density at radius 2 is 1.00 bits per heavy atom. The Labute approximate surface area is 382 Å². The third kappa shape index (κ3) is 5.93. The van der Waals surface area contributed by atoms with Crippen molar-refractivity contribution < 1.29 is 0 Å². The van der Waals surface area contributed by atoms with Gasteiger partial charge in [0.1, 0.15) is 0 Å². The second-order valence-corrected chi connectivity index (χ2v) is 20.4. The molecule has 8 aromatic carbocycles. The van der Waals surface area contributed by atoms with Crippen molar-refractivity contribution in [1.82, 2.24) is 9.13 Å². The first-order valence-corrected chi connectivity index (χ1v) is 23.4. The smallest absolute Gasteiger partial charge is 0.0711 e. The first-order chi connectivity index (χ1) is 31.5. The maximum absolute atomic E-state index is 2.59. The fraction of sp³-hybridized carbons (Fsp3) is 0.175. The zero-order valence-electron chi connectivity index (χ0n) is 38.3. The third-order valence-corrected chi connectivity index (χ3v) is 14.5. The Morgan fingerprint density at radius 1 is 0.446 bits per heavy atom. The van der Waals surface area contributed by atoms with Gasteiger partial charge in [0.2, 0.25) is 0 Å². The minimum absolute atomic E-state index is 0.0174. The standard InChI is InChI=1S/C63H54N2/c1-61(2,3)45-32-33-50-53(38-45)63(43-20-10-7-11-21-43,44-22-12-8-13-23-44)54-39-46(62(4,5)6)40-59(60(50)54)65-56-29-19-17-27-49(56)52-37-42(31-35-58(52)65)41-30-34-57-51(36-41)48-26-16-18-28-55(48)64(57)47-24-14-9-15-25-47/h7,9-12,14-40H,8,13H2,1-6H3. The molecule has 2 nitrogen and oxygen atoms in total. The summed E-state index contributed by atoms with van der Waals surface area (Å²) in [5.41, 5.74) is 19.9. The lowest BCUT2D eigenvalue weighted by Gasteiger charge is -2.37. The Hall–Kier alpha value is -7.16. The number of hydrogen-bond acceptors (Lipinski definition) is 0. The first-order valence-electron chi connectivity index (χ1n) is 23.4. The molecule has 0 saturated heterocycles. The zero-order chi connectivity index (χ0) is 44.2. The quantitative estimate of drug-likeness (QED) is 0.163. The van der Waals surface area contributed by atoms with Gasteiger partial charge in [-0.15, -0.1) is 0 Å². The van der Waals surface area contributed by atoms with Gasteiger partial charge in [0.05, 0.1) is 33.2 Å². The molecule has 1 unspecified atom stereocenters. The molecule has 0 bridgehead atoms. The first kappa shape index (κ1) is 39.4. The van der Waals surface area contributed by atoms with E-state index in [1.807, 2.05) is 0 Å². The van der Waals surface area contributed by atoms with Gasteiger partial charge in [-0.3, -0.25) is 0 Å². The molecule has 2 aromatic heterocycles. The molecule has 0 N–H and O–H groups in total. The Kier molecular flexibility index (Phi) is 8.75. The Bertz CT molecular complexity index is 3600. The van der Waals surface area contributed by atoms with Crippen molar-refractivity contribution >= 4 is 43.6 Å². The van der Waals surface area contributed by atoms with Gasteiger partial charge in [-0.25, -0.2) is 0 Å². The van der Waals surface area contributed by atoms with Crippen LogP contribution in [0.4, 0.5) is 0 Å². The zero-order valence-corrected chi connectivity index (χ0v) is 38.3. The molecule has 0 saturated carbocycles. The van der Waals surface area contributed by atoms with Crippen molar-refractivity contribution in [2.24, 2.45) is 0 Å². The van der Waals surface area contributed by atoms with Gasteiger partial charge >= 0.3 is 0 Å². The van der Waals surface area contributed by atoms with E-state index in [1.54, 1.807) is 0 Å². The van der Waals surface area contributed by atoms with Crippen molar-refractivity contribution in [3.05, 3.63) is 228 Å². The number of fused-ring (bicyclic) bond motifs is 9. The highest BCUT2D eigenvalue weighted by molar-refractivity contribution is 6.13. The van der Waals surface area contributed by atoms with Crippen molar-refractivity contribution in [2.45, 2.75) is 70.6 Å². The summed E-state index contributed by atoms with van der Waals surface area (Å²) in [4.78, 5) is 0. The number of allylic oxidation sites excluding steroid dienone is 4. The maximum atomic E-state index is 2.59. The molecule has 0 aliphatic heterocycles. The number of nitrogens with zero attached hydrogens (tertiary/aromatic N) is 2. The summed E-state index contributed by atoms with van der Waals surface area (Å²) in [7, 11) is 0. The molecule has 0 amide bonds. The molecular weight excluding hydrogens is 785 g/mol. The number of hydrogen-bond donors (Lipinski definition) is 0. The molecule has 65 heavy (non-hydrogen) atoms. The van der Waals surface area contributed by atoms with E-state index in [0.717, 1.165) is 12.8 Å². The molecule has 12 rings (SSSR count). The summed E-state index contributed by atoms with van der Waals surface area (Å²) >= 11 is 0. The van der Waals surface area contributed by atoms with Crippen LogP contribution in [-0.2, 0) is 16.2 Å². The number of benzene rings is 8. The largest absolute Gasteiger partial charge is 0.309 e. The second-order valence-electron chi connectivity index (χ2n) is 20.4. The lowest BCUT2D eigenvalue weighted by molar-refractivity contribution is 0.585. The van der Waals surface area contributed by atoms with E-state index < -0.39 is 5.41 Å². The van der Waals surface area contributed by atoms with Gasteiger partial charge in [0, 0.05) is 32.8 Å². The van der Waals surface area contributed by atoms with Crippen LogP contribution < -0.4 is 0 Å². The number of rotatable bonds is 5. The van der Waals surface area contributed by atoms with Crippen molar-refractivity contribution in [3.8, 4) is 33.6 Å². The second kappa shape index (κ2) is 14.4. The van der Waals surface area contributed by atoms with E-state index in [2.05, 4.69) is 245 Å². The third-order valence-electron chi connectivity index (χ3n) is 14.5. The molecule has 10 aromatic rings. The summed E-state index contributed by atoms with van der Waals surface area (Å²) in [6.07, 6.45) is 9.45. The molecular formula is C63H54N2. The summed E-state index contributed by atoms with van der Waals surface area (Å²) in [6, 6.07) is 66.6. The minimum Gasteiger partial charge on any atom is -0.309 e. The summed E-state index contributed by atoms with van der Waals surface area (Å²) in [6.45, 7) is 14.1. The van der Waals surface area contributed by atoms with Crippen LogP contribution in [0.5, 0.6) is 0 Å². The van der Waals surface area contributed by atoms with E-state index in [4.69, 9.17) is 0 Å². The van der Waals surface area contributed by atoms with Crippen LogP contribution in [0.2, 0.25) is 0 Å². The van der Waals surface area contributed by atoms with Crippen LogP contribution in [0.3, 0.4) is 0 Å². The van der Waals surface area contributed by atoms with Gasteiger partial charge in [0.25, 0.3) is 0 Å². The van der Waals surface area contributed by atoms with E-state index in [1.165, 1.54) is 111 Å². The molecule has 2 aliphatic carbocycles. The fourth-order valence-electron chi connectivity index (χ4n) is 11.3. The summed E-state index contributed by atoms with van der Waals surface area (Å²) in [5.74, 6) is 0. The molecule has 0 fully saturated rings. The van der Waals surface area contributed by atoms with Gasteiger partial charge in [-0.1, -0.05) is 181 Å². The minimum atomic E-state index is -0.492. The molecule has 316 valence electrons. The normalized spacial score (nSPS) is 16.1. The average Bonchev–Trinajstić information content (AvgIpc) is 3.95. The van der Waals surface area contributed by atoms with Crippen molar-refractivity contribution in [1.29, 1.82) is 0 Å². The van der Waals surface area contributed by atoms with Gasteiger partial charge in [0.15, 0.2) is 0 Å². The van der Waals surface area contributed by atoms with Crippen LogP contribution in [0.15, 0.2) is 200 Å². The predicted molar refractivity (Wildman–Crippen MR) is 276 cm³/mol. The van der Waals surface area contributed by atoms with E-state index in [9.17, 15) is 0 Å². The molecule has 1 atom stereocenters. The monoisotopic (exact) mass is 838 g/mol. The average molecular weight is 839 g/mol. The molecule has 2 aliphatic rings. The summed E-state index contributed by atoms with van der Waals surface area (Å²) in [5, 5.41) is 5.04. The van der Waals surface area contributed by atoms with Crippen LogP contribution in [0, 0.1) is 0 Å². The SMILES string of the molecule is CC(C)(C)c1ccc2c(c1)C(C1=CCCC=C1)(c1ccccc1)c1cc(C(C)(C)C)cc(-n3c4ccccc4c4cc(-c5ccc6c(c5)c5ccccc5n6-c5ccccc5)ccc43)c1-2. The van der Waals surface area contributed by atoms with Crippen LogP contribution in [0.25, 0.3) is 77.2 Å². The topological polar surface area (TPSA) is 9.86 Å². The van der Waals surface area contributed by atoms with Crippen molar-refractivity contribution in [2.75, 3.05) is 0 Å². The van der Waals surface area contributed by atoms with Gasteiger partial charge in [-0.05, 0) is 128 Å². The van der Waals surface area contributed by atoms with Crippen LogP contribution >= 0.6 is 0 Å². The molecule has 0 spiro atoms. The van der Waals surface area contributed by atoms with E-state index in [-0.39, 0.29) is 10.8 Å². The van der Waals surface area contributed by atoms with E-state index >= 15 is 0 Å². The Morgan fingerprint density at radius 3 is 1.62 bits per heavy atom. The van der Waals surface area contributed by atoms with Gasteiger partial charge < -0.3 is 9.13 Å². The van der Waals surface area contributed by atoms with Crippen LogP contribution in [-0.4, -0.2) is 9.13 Å². The maximum Gasteiger partial charge on any atom is 0.0711 e. The molecule has 2 heteroatoms.